The van der Waals surface area contributed by atoms with Gasteiger partial charge in [-0.1, -0.05) is 66.7 Å². The largest absolute Gasteiger partial charge is 0.460 e. The number of carbonyl (C=O) groups is 2. The van der Waals surface area contributed by atoms with Crippen molar-refractivity contribution in [3.05, 3.63) is 83.9 Å². The Balaban J connectivity index is 1.84. The van der Waals surface area contributed by atoms with E-state index in [4.69, 9.17) is 4.74 Å². The van der Waals surface area contributed by atoms with Gasteiger partial charge in [-0.2, -0.15) is 0 Å². The lowest BCUT2D eigenvalue weighted by molar-refractivity contribution is -0.160. The molecule has 4 rings (SSSR count). The van der Waals surface area contributed by atoms with Crippen LogP contribution >= 0.6 is 0 Å². The van der Waals surface area contributed by atoms with Crippen LogP contribution in [0.3, 0.4) is 0 Å². The van der Waals surface area contributed by atoms with Gasteiger partial charge in [-0.25, -0.2) is 0 Å². The number of esters is 1. The molecule has 4 nitrogen and oxygen atoms in total. The minimum atomic E-state index is -0.877. The van der Waals surface area contributed by atoms with E-state index >= 15 is 0 Å². The van der Waals surface area contributed by atoms with Crippen LogP contribution in [0.5, 0.6) is 0 Å². The Bertz CT molecular complexity index is 961. The Morgan fingerprint density at radius 3 is 2.27 bits per heavy atom. The number of nitrogens with zero attached hydrogens (tertiary/aromatic N) is 1. The Morgan fingerprint density at radius 2 is 1.67 bits per heavy atom. The van der Waals surface area contributed by atoms with Gasteiger partial charge in [0.25, 0.3) is 0 Å². The monoisotopic (exact) mass is 403 g/mol. The molecule has 4 unspecified atom stereocenters. The van der Waals surface area contributed by atoms with Crippen LogP contribution in [0.2, 0.25) is 0 Å². The van der Waals surface area contributed by atoms with Gasteiger partial charge in [0.1, 0.15) is 11.1 Å². The standard InChI is InChI=1S/C26H29NO3/c1-18(19-11-7-5-8-12-19)27-22-15-16-23(28)26(27,20-13-9-6-10-14-20)17-21(22)24(29)30-25(2,3)4/h5-16,18,21-22H,17H2,1-4H3. The van der Waals surface area contributed by atoms with Crippen molar-refractivity contribution in [2.24, 2.45) is 5.92 Å². The van der Waals surface area contributed by atoms with Crippen molar-refractivity contribution in [1.29, 1.82) is 0 Å². The highest BCUT2D eigenvalue weighted by Gasteiger charge is 2.61. The molecule has 2 aromatic rings. The number of fused-ring (bicyclic) bond motifs is 2. The molecule has 1 fully saturated rings. The number of rotatable bonds is 4. The van der Waals surface area contributed by atoms with E-state index in [1.807, 2.05) is 75.4 Å². The molecule has 4 atom stereocenters. The van der Waals surface area contributed by atoms with Gasteiger partial charge in [-0.05, 0) is 51.3 Å². The van der Waals surface area contributed by atoms with Crippen LogP contribution in [0.15, 0.2) is 72.8 Å². The normalized spacial score (nSPS) is 27.1. The first-order valence-electron chi connectivity index (χ1n) is 10.6. The van der Waals surface area contributed by atoms with Crippen LogP contribution in [0.4, 0.5) is 0 Å². The highest BCUT2D eigenvalue weighted by atomic mass is 16.6. The minimum Gasteiger partial charge on any atom is -0.460 e. The maximum Gasteiger partial charge on any atom is 0.311 e. The number of hydrogen-bond acceptors (Lipinski definition) is 4. The number of hydrogen-bond donors (Lipinski definition) is 0. The van der Waals surface area contributed by atoms with E-state index < -0.39 is 17.1 Å². The predicted octanol–water partition coefficient (Wildman–Crippen LogP) is 4.81. The van der Waals surface area contributed by atoms with Crippen molar-refractivity contribution in [3.63, 3.8) is 0 Å². The summed E-state index contributed by atoms with van der Waals surface area (Å²) in [5.74, 6) is -0.619. The van der Waals surface area contributed by atoms with Crippen molar-refractivity contribution in [2.75, 3.05) is 0 Å². The van der Waals surface area contributed by atoms with Crippen molar-refractivity contribution in [3.8, 4) is 0 Å². The van der Waals surface area contributed by atoms with E-state index in [1.54, 1.807) is 6.08 Å². The second-order valence-electron chi connectivity index (χ2n) is 9.28. The molecule has 2 bridgehead atoms. The molecule has 156 valence electrons. The molecular formula is C26H29NO3. The summed E-state index contributed by atoms with van der Waals surface area (Å²) >= 11 is 0. The molecule has 0 aliphatic carbocycles. The molecule has 0 radical (unpaired) electrons. The zero-order chi connectivity index (χ0) is 21.5. The van der Waals surface area contributed by atoms with Gasteiger partial charge >= 0.3 is 5.97 Å². The Hall–Kier alpha value is -2.72. The average Bonchev–Trinajstić information content (AvgIpc) is 3.00. The SMILES string of the molecule is CC(c1ccccc1)N1C2C=CC(=O)C1(c1ccccc1)CC2C(=O)OC(C)(C)C. The van der Waals surface area contributed by atoms with E-state index in [9.17, 15) is 9.59 Å². The lowest BCUT2D eigenvalue weighted by atomic mass is 9.80. The molecule has 2 heterocycles. The third kappa shape index (κ3) is 3.39. The topological polar surface area (TPSA) is 46.6 Å². The van der Waals surface area contributed by atoms with Gasteiger partial charge in [0, 0.05) is 12.1 Å². The minimum absolute atomic E-state index is 0.0267. The summed E-state index contributed by atoms with van der Waals surface area (Å²) in [5, 5.41) is 0. The van der Waals surface area contributed by atoms with E-state index in [2.05, 4.69) is 24.0 Å². The van der Waals surface area contributed by atoms with Gasteiger partial charge < -0.3 is 4.74 Å². The highest BCUT2D eigenvalue weighted by molar-refractivity contribution is 6.01. The first kappa shape index (κ1) is 20.5. The van der Waals surface area contributed by atoms with Crippen molar-refractivity contribution in [2.45, 2.75) is 57.3 Å². The van der Waals surface area contributed by atoms with Crippen LogP contribution in [0, 0.1) is 5.92 Å². The molecule has 2 aliphatic rings. The maximum atomic E-state index is 13.5. The van der Waals surface area contributed by atoms with Crippen molar-refractivity contribution in [1.82, 2.24) is 4.90 Å². The van der Waals surface area contributed by atoms with Crippen molar-refractivity contribution < 1.29 is 14.3 Å². The highest BCUT2D eigenvalue weighted by Crippen LogP contribution is 2.53. The molecule has 0 amide bonds. The number of benzene rings is 2. The Labute approximate surface area is 178 Å². The fourth-order valence-electron chi connectivity index (χ4n) is 4.98. The summed E-state index contributed by atoms with van der Waals surface area (Å²) in [7, 11) is 0. The third-order valence-corrected chi connectivity index (χ3v) is 6.20. The van der Waals surface area contributed by atoms with E-state index in [0.29, 0.717) is 6.42 Å². The van der Waals surface area contributed by atoms with Gasteiger partial charge in [-0.15, -0.1) is 0 Å². The second kappa shape index (κ2) is 7.51. The molecule has 2 aromatic carbocycles. The van der Waals surface area contributed by atoms with Crippen LogP contribution in [-0.2, 0) is 19.9 Å². The fourth-order valence-corrected chi connectivity index (χ4v) is 4.98. The number of ether oxygens (including phenoxy) is 1. The summed E-state index contributed by atoms with van der Waals surface area (Å²) in [4.78, 5) is 28.9. The summed E-state index contributed by atoms with van der Waals surface area (Å²) < 4.78 is 5.77. The first-order valence-corrected chi connectivity index (χ1v) is 10.6. The summed E-state index contributed by atoms with van der Waals surface area (Å²) in [5.41, 5.74) is 0.600. The Kier molecular flexibility index (Phi) is 5.15. The van der Waals surface area contributed by atoms with Crippen LogP contribution < -0.4 is 0 Å². The molecule has 0 spiro atoms. The third-order valence-electron chi connectivity index (χ3n) is 6.20. The first-order chi connectivity index (χ1) is 14.2. The van der Waals surface area contributed by atoms with E-state index in [1.165, 1.54) is 0 Å². The zero-order valence-electron chi connectivity index (χ0n) is 18.0. The van der Waals surface area contributed by atoms with E-state index in [0.717, 1.165) is 11.1 Å². The Morgan fingerprint density at radius 1 is 1.07 bits per heavy atom. The molecule has 1 saturated heterocycles. The van der Waals surface area contributed by atoms with Gasteiger partial charge in [0.15, 0.2) is 5.78 Å². The van der Waals surface area contributed by atoms with Gasteiger partial charge in [0.2, 0.25) is 0 Å². The molecule has 4 heteroatoms. The summed E-state index contributed by atoms with van der Waals surface area (Å²) in [6.45, 7) is 7.75. The molecule has 30 heavy (non-hydrogen) atoms. The molecule has 0 aromatic heterocycles. The number of carbonyl (C=O) groups excluding carboxylic acids is 2. The molecule has 2 aliphatic heterocycles. The second-order valence-corrected chi connectivity index (χ2v) is 9.28. The van der Waals surface area contributed by atoms with Crippen molar-refractivity contribution >= 4 is 11.8 Å². The van der Waals surface area contributed by atoms with Gasteiger partial charge in [-0.3, -0.25) is 14.5 Å². The van der Waals surface area contributed by atoms with Gasteiger partial charge in [0.05, 0.1) is 5.92 Å². The average molecular weight is 404 g/mol. The lowest BCUT2D eigenvalue weighted by Crippen LogP contribution is -2.53. The molecular weight excluding hydrogens is 374 g/mol. The molecule has 0 saturated carbocycles. The number of ketones is 1. The maximum absolute atomic E-state index is 13.5. The quantitative estimate of drug-likeness (QED) is 0.687. The zero-order valence-corrected chi connectivity index (χ0v) is 18.0. The predicted molar refractivity (Wildman–Crippen MR) is 117 cm³/mol. The van der Waals surface area contributed by atoms with Crippen LogP contribution in [-0.4, -0.2) is 28.3 Å². The molecule has 0 N–H and O–H groups in total. The fraction of sp³-hybridized carbons (Fsp3) is 0.385. The van der Waals surface area contributed by atoms with E-state index in [-0.39, 0.29) is 23.8 Å². The summed E-state index contributed by atoms with van der Waals surface area (Å²) in [6, 6.07) is 19.8. The summed E-state index contributed by atoms with van der Waals surface area (Å²) in [6.07, 6.45) is 3.97. The lowest BCUT2D eigenvalue weighted by Gasteiger charge is -2.45. The smallest absolute Gasteiger partial charge is 0.311 e. The van der Waals surface area contributed by atoms with Crippen LogP contribution in [0.1, 0.15) is 51.3 Å². The van der Waals surface area contributed by atoms with Crippen LogP contribution in [0.25, 0.3) is 0 Å².